The Kier molecular flexibility index (Phi) is 4.42. The molecule has 2 saturated heterocycles. The number of likely N-dealkylation sites (tertiary alicyclic amines) is 1. The van der Waals surface area contributed by atoms with Crippen LogP contribution in [0.4, 0.5) is 5.69 Å². The Bertz CT molecular complexity index is 698. The molecule has 0 aliphatic carbocycles. The summed E-state index contributed by atoms with van der Waals surface area (Å²) in [5, 5.41) is 3.21. The molecule has 0 bridgehead atoms. The zero-order chi connectivity index (χ0) is 17.1. The number of nitrogens with one attached hydrogen (secondary N) is 1. The average molecular weight is 343 g/mol. The van der Waals surface area contributed by atoms with Crippen LogP contribution in [-0.2, 0) is 16.0 Å². The number of hydrogen-bond donors (Lipinski definition) is 1. The van der Waals surface area contributed by atoms with E-state index in [4.69, 9.17) is 13.9 Å². The van der Waals surface area contributed by atoms with Crippen molar-refractivity contribution in [2.24, 2.45) is 0 Å². The van der Waals surface area contributed by atoms with Crippen LogP contribution in [0.5, 0.6) is 0 Å². The second kappa shape index (κ2) is 6.85. The minimum absolute atomic E-state index is 0.0505. The van der Waals surface area contributed by atoms with Gasteiger partial charge in [0.05, 0.1) is 37.9 Å². The first-order valence-electron chi connectivity index (χ1n) is 8.54. The molecule has 132 valence electrons. The molecule has 2 aromatic rings. The zero-order valence-corrected chi connectivity index (χ0v) is 13.9. The van der Waals surface area contributed by atoms with Gasteiger partial charge in [0.25, 0.3) is 5.91 Å². The first kappa shape index (κ1) is 16.1. The van der Waals surface area contributed by atoms with Crippen LogP contribution >= 0.6 is 0 Å². The standard InChI is InChI=1S/C18H21N3O4/c22-17(21-7-5-18(6-8-21)24-10-11-25-18)16-4-3-14(12-20-16)19-13-15-2-1-9-23-15/h1-4,9,12,19H,5-8,10-11,13H2. The molecule has 2 fully saturated rings. The number of anilines is 1. The third-order valence-corrected chi connectivity index (χ3v) is 4.66. The smallest absolute Gasteiger partial charge is 0.272 e. The van der Waals surface area contributed by atoms with Crippen molar-refractivity contribution in [1.82, 2.24) is 9.88 Å². The van der Waals surface area contributed by atoms with Crippen molar-refractivity contribution in [3.63, 3.8) is 0 Å². The predicted octanol–water partition coefficient (Wildman–Crippen LogP) is 2.27. The Balaban J connectivity index is 1.33. The molecule has 0 saturated carbocycles. The number of ether oxygens (including phenoxy) is 2. The summed E-state index contributed by atoms with van der Waals surface area (Å²) in [6.07, 6.45) is 4.73. The molecule has 2 aromatic heterocycles. The van der Waals surface area contributed by atoms with E-state index < -0.39 is 5.79 Å². The molecule has 7 nitrogen and oxygen atoms in total. The molecule has 1 amide bonds. The van der Waals surface area contributed by atoms with Gasteiger partial charge in [-0.3, -0.25) is 4.79 Å². The average Bonchev–Trinajstić information content (AvgIpc) is 3.33. The summed E-state index contributed by atoms with van der Waals surface area (Å²) in [5.74, 6) is 0.327. The van der Waals surface area contributed by atoms with Gasteiger partial charge in [-0.2, -0.15) is 0 Å². The number of pyridine rings is 1. The Hall–Kier alpha value is -2.38. The monoisotopic (exact) mass is 343 g/mol. The van der Waals surface area contributed by atoms with Crippen LogP contribution in [0.3, 0.4) is 0 Å². The first-order valence-corrected chi connectivity index (χ1v) is 8.54. The highest BCUT2D eigenvalue weighted by atomic mass is 16.7. The molecule has 2 aliphatic rings. The summed E-state index contributed by atoms with van der Waals surface area (Å²) in [7, 11) is 0. The topological polar surface area (TPSA) is 76.8 Å². The highest BCUT2D eigenvalue weighted by molar-refractivity contribution is 5.92. The largest absolute Gasteiger partial charge is 0.467 e. The van der Waals surface area contributed by atoms with E-state index in [1.54, 1.807) is 18.5 Å². The number of furan rings is 1. The maximum atomic E-state index is 12.6. The summed E-state index contributed by atoms with van der Waals surface area (Å²) in [6, 6.07) is 7.36. The Morgan fingerprint density at radius 1 is 1.20 bits per heavy atom. The molecule has 1 spiro atoms. The van der Waals surface area contributed by atoms with Gasteiger partial charge in [0, 0.05) is 25.9 Å². The van der Waals surface area contributed by atoms with E-state index in [-0.39, 0.29) is 5.91 Å². The summed E-state index contributed by atoms with van der Waals surface area (Å²) >= 11 is 0. The number of carbonyl (C=O) groups excluding carboxylic acids is 1. The van der Waals surface area contributed by atoms with E-state index in [9.17, 15) is 4.79 Å². The van der Waals surface area contributed by atoms with Crippen LogP contribution < -0.4 is 5.32 Å². The van der Waals surface area contributed by atoms with Gasteiger partial charge >= 0.3 is 0 Å². The molecule has 0 radical (unpaired) electrons. The molecular weight excluding hydrogens is 322 g/mol. The van der Waals surface area contributed by atoms with Crippen LogP contribution in [0.1, 0.15) is 29.1 Å². The van der Waals surface area contributed by atoms with Crippen LogP contribution in [0.15, 0.2) is 41.1 Å². The van der Waals surface area contributed by atoms with Gasteiger partial charge in [-0.1, -0.05) is 0 Å². The fourth-order valence-corrected chi connectivity index (χ4v) is 3.23. The second-order valence-electron chi connectivity index (χ2n) is 6.26. The lowest BCUT2D eigenvalue weighted by Gasteiger charge is -2.37. The third-order valence-electron chi connectivity index (χ3n) is 4.66. The Morgan fingerprint density at radius 2 is 2.00 bits per heavy atom. The van der Waals surface area contributed by atoms with Crippen molar-refractivity contribution >= 4 is 11.6 Å². The van der Waals surface area contributed by atoms with E-state index in [0.717, 1.165) is 11.4 Å². The minimum Gasteiger partial charge on any atom is -0.467 e. The molecule has 4 heterocycles. The molecule has 0 aromatic carbocycles. The van der Waals surface area contributed by atoms with Crippen LogP contribution in [0, 0.1) is 0 Å². The van der Waals surface area contributed by atoms with Crippen molar-refractivity contribution in [2.45, 2.75) is 25.2 Å². The fraction of sp³-hybridized carbons (Fsp3) is 0.444. The van der Waals surface area contributed by atoms with E-state index in [1.807, 2.05) is 23.1 Å². The van der Waals surface area contributed by atoms with Crippen LogP contribution in [0.2, 0.25) is 0 Å². The number of piperidine rings is 1. The Morgan fingerprint density at radius 3 is 2.64 bits per heavy atom. The number of aromatic nitrogens is 1. The zero-order valence-electron chi connectivity index (χ0n) is 13.9. The summed E-state index contributed by atoms with van der Waals surface area (Å²) in [4.78, 5) is 18.7. The molecule has 1 N–H and O–H groups in total. The highest BCUT2D eigenvalue weighted by Crippen LogP contribution is 2.31. The van der Waals surface area contributed by atoms with Crippen molar-refractivity contribution in [1.29, 1.82) is 0 Å². The van der Waals surface area contributed by atoms with Crippen molar-refractivity contribution in [3.8, 4) is 0 Å². The second-order valence-corrected chi connectivity index (χ2v) is 6.26. The van der Waals surface area contributed by atoms with Crippen molar-refractivity contribution in [2.75, 3.05) is 31.6 Å². The fourth-order valence-electron chi connectivity index (χ4n) is 3.23. The highest BCUT2D eigenvalue weighted by Gasteiger charge is 2.40. The van der Waals surface area contributed by atoms with Gasteiger partial charge in [0.2, 0.25) is 0 Å². The van der Waals surface area contributed by atoms with Gasteiger partial charge < -0.3 is 24.1 Å². The predicted molar refractivity (Wildman–Crippen MR) is 90.0 cm³/mol. The molecule has 25 heavy (non-hydrogen) atoms. The summed E-state index contributed by atoms with van der Waals surface area (Å²) in [6.45, 7) is 3.11. The number of nitrogens with zero attached hydrogens (tertiary/aromatic N) is 2. The first-order chi connectivity index (χ1) is 12.2. The van der Waals surface area contributed by atoms with Crippen LogP contribution in [-0.4, -0.2) is 47.9 Å². The molecular formula is C18H21N3O4. The van der Waals surface area contributed by atoms with Crippen molar-refractivity contribution < 1.29 is 18.7 Å². The lowest BCUT2D eigenvalue weighted by molar-refractivity contribution is -0.181. The normalized spacial score (nSPS) is 19.3. The molecule has 2 aliphatic heterocycles. The van der Waals surface area contributed by atoms with Gasteiger partial charge in [-0.05, 0) is 24.3 Å². The van der Waals surface area contributed by atoms with E-state index in [2.05, 4.69) is 10.3 Å². The van der Waals surface area contributed by atoms with E-state index in [0.29, 0.717) is 51.4 Å². The van der Waals surface area contributed by atoms with E-state index in [1.165, 1.54) is 0 Å². The van der Waals surface area contributed by atoms with Gasteiger partial charge in [0.1, 0.15) is 11.5 Å². The van der Waals surface area contributed by atoms with Gasteiger partial charge in [0.15, 0.2) is 5.79 Å². The number of hydrogen-bond acceptors (Lipinski definition) is 6. The maximum Gasteiger partial charge on any atom is 0.272 e. The SMILES string of the molecule is O=C(c1ccc(NCc2ccco2)cn1)N1CCC2(CC1)OCCO2. The van der Waals surface area contributed by atoms with Gasteiger partial charge in [-0.15, -0.1) is 0 Å². The number of rotatable bonds is 4. The van der Waals surface area contributed by atoms with Gasteiger partial charge in [-0.25, -0.2) is 4.98 Å². The third kappa shape index (κ3) is 3.52. The summed E-state index contributed by atoms with van der Waals surface area (Å²) < 4.78 is 16.7. The quantitative estimate of drug-likeness (QED) is 0.918. The van der Waals surface area contributed by atoms with E-state index >= 15 is 0 Å². The molecule has 0 atom stereocenters. The molecule has 0 unspecified atom stereocenters. The molecule has 4 rings (SSSR count). The minimum atomic E-state index is -0.468. The number of carbonyl (C=O) groups is 1. The summed E-state index contributed by atoms with van der Waals surface area (Å²) in [5.41, 5.74) is 1.30. The van der Waals surface area contributed by atoms with Crippen LogP contribution in [0.25, 0.3) is 0 Å². The lowest BCUT2D eigenvalue weighted by atomic mass is 10.0. The molecule has 7 heteroatoms. The lowest BCUT2D eigenvalue weighted by Crippen LogP contribution is -2.47. The van der Waals surface area contributed by atoms with Crippen molar-refractivity contribution in [3.05, 3.63) is 48.2 Å². The maximum absolute atomic E-state index is 12.6. The number of amides is 1. The Labute approximate surface area is 145 Å².